The number of anilines is 1. The fourth-order valence-electron chi connectivity index (χ4n) is 5.12. The number of hydrogen-bond acceptors (Lipinski definition) is 5. The van der Waals surface area contributed by atoms with Gasteiger partial charge in [-0.15, -0.1) is 0 Å². The molecule has 3 aromatic heterocycles. The summed E-state index contributed by atoms with van der Waals surface area (Å²) in [6.45, 7) is 0. The van der Waals surface area contributed by atoms with Crippen LogP contribution in [0.3, 0.4) is 0 Å². The van der Waals surface area contributed by atoms with Crippen molar-refractivity contribution in [1.82, 2.24) is 19.9 Å². The van der Waals surface area contributed by atoms with Crippen LogP contribution >= 0.6 is 0 Å². The molecule has 2 aromatic carbocycles. The highest BCUT2D eigenvalue weighted by molar-refractivity contribution is 5.83. The van der Waals surface area contributed by atoms with Crippen LogP contribution in [0.2, 0.25) is 0 Å². The van der Waals surface area contributed by atoms with Crippen molar-refractivity contribution >= 4 is 57.7 Å². The molecule has 0 saturated carbocycles. The Labute approximate surface area is 265 Å². The minimum Gasteiger partial charge on any atom is -0.378 e. The van der Waals surface area contributed by atoms with E-state index in [0.717, 1.165) is 50.3 Å². The van der Waals surface area contributed by atoms with E-state index < -0.39 is 4.92 Å². The first kappa shape index (κ1) is 28.1. The molecule has 2 N–H and O–H groups in total. The van der Waals surface area contributed by atoms with Gasteiger partial charge in [-0.1, -0.05) is 23.7 Å². The lowest BCUT2D eigenvalue weighted by atomic mass is 10.1. The Morgan fingerprint density at radius 1 is 0.630 bits per heavy atom. The number of H-pyrrole nitrogens is 2. The van der Waals surface area contributed by atoms with Crippen molar-refractivity contribution in [3.05, 3.63) is 140 Å². The van der Waals surface area contributed by atoms with Crippen molar-refractivity contribution in [1.29, 1.82) is 0 Å². The van der Waals surface area contributed by atoms with Crippen molar-refractivity contribution in [2.45, 2.75) is 0 Å². The molecule has 0 spiro atoms. The van der Waals surface area contributed by atoms with Gasteiger partial charge in [0.15, 0.2) is 0 Å². The summed E-state index contributed by atoms with van der Waals surface area (Å²) < 4.78 is 0. The Morgan fingerprint density at radius 3 is 1.63 bits per heavy atom. The highest BCUT2D eigenvalue weighted by Gasteiger charge is 2.11. The van der Waals surface area contributed by atoms with Crippen LogP contribution in [0.15, 0.2) is 84.9 Å². The molecule has 7 rings (SSSR count). The number of fused-ring (bicyclic) bond motifs is 8. The standard InChI is InChI=1S/C38H26N6O2/c1-43(2)31-13-3-25(4-14-31)7-17-33-35-19-9-27(39-35)23-29-11-21-37(41-29)34(18-8-26-5-15-32(16-6-26)44(45)46)38-22-12-30(42-38)24-28-10-20-36(33)40-28/h3-6,9-16,19-24,39-40H,1-2H3. The van der Waals surface area contributed by atoms with Crippen molar-refractivity contribution in [3.8, 4) is 23.7 Å². The van der Waals surface area contributed by atoms with Gasteiger partial charge in [0.1, 0.15) is 0 Å². The average Bonchev–Trinajstić information content (AvgIpc) is 3.88. The van der Waals surface area contributed by atoms with Crippen LogP contribution in [0, 0.1) is 33.8 Å². The third kappa shape index (κ3) is 5.92. The normalized spacial score (nSPS) is 11.3. The molecule has 0 saturated heterocycles. The van der Waals surface area contributed by atoms with E-state index in [4.69, 9.17) is 9.97 Å². The van der Waals surface area contributed by atoms with Gasteiger partial charge < -0.3 is 14.9 Å². The Bertz CT molecular complexity index is 2280. The van der Waals surface area contributed by atoms with E-state index in [-0.39, 0.29) is 5.69 Å². The predicted molar refractivity (Wildman–Crippen MR) is 185 cm³/mol. The minimum atomic E-state index is -0.427. The Hall–Kier alpha value is -6.64. The van der Waals surface area contributed by atoms with E-state index in [2.05, 4.69) is 50.7 Å². The molecule has 2 aliphatic rings. The molecule has 2 aliphatic heterocycles. The molecule has 5 heterocycles. The maximum atomic E-state index is 11.1. The van der Waals surface area contributed by atoms with E-state index in [0.29, 0.717) is 22.5 Å². The van der Waals surface area contributed by atoms with E-state index in [1.165, 1.54) is 12.1 Å². The quantitative estimate of drug-likeness (QED) is 0.122. The summed E-state index contributed by atoms with van der Waals surface area (Å²) in [6, 6.07) is 26.4. The van der Waals surface area contributed by atoms with E-state index in [1.54, 1.807) is 12.1 Å². The summed E-state index contributed by atoms with van der Waals surface area (Å²) in [5.41, 5.74) is 10.6. The number of rotatable bonds is 2. The second-order valence-electron chi connectivity index (χ2n) is 10.9. The number of nitro groups is 1. The molecule has 46 heavy (non-hydrogen) atoms. The monoisotopic (exact) mass is 598 g/mol. The average molecular weight is 599 g/mol. The maximum absolute atomic E-state index is 11.1. The van der Waals surface area contributed by atoms with Crippen LogP contribution in [-0.2, 0) is 0 Å². The van der Waals surface area contributed by atoms with Gasteiger partial charge in [0.05, 0.1) is 49.9 Å². The number of aromatic amines is 2. The first-order valence-electron chi connectivity index (χ1n) is 14.5. The topological polar surface area (TPSA) is 104 Å². The largest absolute Gasteiger partial charge is 0.378 e. The fourth-order valence-corrected chi connectivity index (χ4v) is 5.12. The van der Waals surface area contributed by atoms with Crippen molar-refractivity contribution in [2.24, 2.45) is 0 Å². The SMILES string of the molecule is CN(C)c1ccc(C#Cc2c3ccc(cc4nc(c(C#Cc5ccc([N+](=O)[O-])cc5)c5nc(cc6ccc2[nH]6)C=C5)C=C4)[nH]3)cc1. The first-order valence-corrected chi connectivity index (χ1v) is 14.5. The fraction of sp³-hybridized carbons (Fsp3) is 0.0526. The van der Waals surface area contributed by atoms with Gasteiger partial charge in [-0.05, 0) is 97.1 Å². The van der Waals surface area contributed by atoms with E-state index in [1.807, 2.05) is 86.9 Å². The number of nitrogens with one attached hydrogen (secondary N) is 2. The Balaban J connectivity index is 1.39. The second-order valence-corrected chi connectivity index (χ2v) is 10.9. The van der Waals surface area contributed by atoms with Gasteiger partial charge in [-0.2, -0.15) is 0 Å². The Morgan fingerprint density at radius 2 is 1.13 bits per heavy atom. The third-order valence-electron chi connectivity index (χ3n) is 7.52. The van der Waals surface area contributed by atoms with Gasteiger partial charge >= 0.3 is 0 Å². The van der Waals surface area contributed by atoms with Gasteiger partial charge in [0.25, 0.3) is 5.69 Å². The number of nitrogens with zero attached hydrogens (tertiary/aromatic N) is 4. The van der Waals surface area contributed by atoms with Crippen LogP contribution in [0.25, 0.3) is 46.4 Å². The van der Waals surface area contributed by atoms with Crippen molar-refractivity contribution in [2.75, 3.05) is 19.0 Å². The van der Waals surface area contributed by atoms with Crippen molar-refractivity contribution in [3.63, 3.8) is 0 Å². The van der Waals surface area contributed by atoms with Crippen LogP contribution in [0.1, 0.15) is 45.0 Å². The predicted octanol–water partition coefficient (Wildman–Crippen LogP) is 7.43. The number of hydrogen-bond donors (Lipinski definition) is 2. The van der Waals surface area contributed by atoms with Gasteiger partial charge in [0, 0.05) is 54.1 Å². The lowest BCUT2D eigenvalue weighted by Gasteiger charge is -2.11. The van der Waals surface area contributed by atoms with Crippen LogP contribution in [-0.4, -0.2) is 39.0 Å². The molecule has 8 nitrogen and oxygen atoms in total. The maximum Gasteiger partial charge on any atom is 0.269 e. The molecule has 0 unspecified atom stereocenters. The summed E-state index contributed by atoms with van der Waals surface area (Å²) in [4.78, 5) is 29.4. The molecule has 220 valence electrons. The minimum absolute atomic E-state index is 0.0188. The highest BCUT2D eigenvalue weighted by Crippen LogP contribution is 2.23. The zero-order chi connectivity index (χ0) is 31.6. The molecule has 0 atom stereocenters. The molecule has 0 aliphatic carbocycles. The van der Waals surface area contributed by atoms with Gasteiger partial charge in [-0.3, -0.25) is 10.1 Å². The smallest absolute Gasteiger partial charge is 0.269 e. The molecule has 8 bridgehead atoms. The summed E-state index contributed by atoms with van der Waals surface area (Å²) in [5.74, 6) is 13.1. The van der Waals surface area contributed by atoms with E-state index in [9.17, 15) is 10.1 Å². The first-order chi connectivity index (χ1) is 22.4. The van der Waals surface area contributed by atoms with Gasteiger partial charge in [-0.25, -0.2) is 9.97 Å². The zero-order valence-electron chi connectivity index (χ0n) is 25.0. The highest BCUT2D eigenvalue weighted by atomic mass is 16.6. The van der Waals surface area contributed by atoms with Crippen LogP contribution in [0.4, 0.5) is 11.4 Å². The second kappa shape index (κ2) is 11.8. The number of aromatic nitrogens is 4. The zero-order valence-corrected chi connectivity index (χ0v) is 25.0. The van der Waals surface area contributed by atoms with Crippen LogP contribution in [0.5, 0.6) is 0 Å². The molecule has 0 amide bonds. The summed E-state index contributed by atoms with van der Waals surface area (Å²) in [6.07, 6.45) is 7.73. The molecule has 8 heteroatoms. The number of non-ortho nitro benzene ring substituents is 1. The lowest BCUT2D eigenvalue weighted by Crippen LogP contribution is -2.07. The molecule has 0 fully saturated rings. The van der Waals surface area contributed by atoms with Gasteiger partial charge in [0.2, 0.25) is 0 Å². The van der Waals surface area contributed by atoms with E-state index >= 15 is 0 Å². The number of nitro benzene ring substituents is 1. The number of benzene rings is 2. The Kier molecular flexibility index (Phi) is 7.22. The molecular weight excluding hydrogens is 572 g/mol. The van der Waals surface area contributed by atoms with Crippen LogP contribution < -0.4 is 4.90 Å². The molecule has 5 aromatic rings. The third-order valence-corrected chi connectivity index (χ3v) is 7.52. The summed E-state index contributed by atoms with van der Waals surface area (Å²) in [5, 5.41) is 11.1. The summed E-state index contributed by atoms with van der Waals surface area (Å²) >= 11 is 0. The molecule has 0 radical (unpaired) electrons. The lowest BCUT2D eigenvalue weighted by molar-refractivity contribution is -0.384. The summed E-state index contributed by atoms with van der Waals surface area (Å²) in [7, 11) is 4.03. The van der Waals surface area contributed by atoms with Crippen molar-refractivity contribution < 1.29 is 4.92 Å². The molecular formula is C38H26N6O2.